The summed E-state index contributed by atoms with van der Waals surface area (Å²) in [5.74, 6) is 3.32. The van der Waals surface area contributed by atoms with Gasteiger partial charge in [0.25, 0.3) is 5.22 Å². The van der Waals surface area contributed by atoms with Crippen LogP contribution in [0.5, 0.6) is 0 Å². The molecule has 1 amide bonds. The molecule has 0 aliphatic heterocycles. The molecule has 7 heteroatoms. The number of hydrogen-bond acceptors (Lipinski definition) is 5. The van der Waals surface area contributed by atoms with Gasteiger partial charge in [-0.3, -0.25) is 4.79 Å². The highest BCUT2D eigenvalue weighted by Gasteiger charge is 2.48. The van der Waals surface area contributed by atoms with Crippen LogP contribution < -0.4 is 5.32 Å². The smallest absolute Gasteiger partial charge is 0.277 e. The van der Waals surface area contributed by atoms with E-state index in [1.807, 2.05) is 0 Å². The van der Waals surface area contributed by atoms with Crippen LogP contribution in [0, 0.1) is 29.5 Å². The third kappa shape index (κ3) is 3.49. The highest BCUT2D eigenvalue weighted by molar-refractivity contribution is 7.99. The molecule has 1 N–H and O–H groups in total. The predicted octanol–water partition coefficient (Wildman–Crippen LogP) is 3.91. The largest absolute Gasteiger partial charge is 0.411 e. The molecule has 1 heterocycles. The van der Waals surface area contributed by atoms with Crippen LogP contribution in [-0.2, 0) is 4.79 Å². The van der Waals surface area contributed by atoms with Crippen molar-refractivity contribution in [3.8, 4) is 11.5 Å². The summed E-state index contributed by atoms with van der Waals surface area (Å²) in [5, 5.41) is 11.5. The maximum atomic E-state index is 13.3. The summed E-state index contributed by atoms with van der Waals surface area (Å²) in [7, 11) is 0. The van der Waals surface area contributed by atoms with Gasteiger partial charge in [-0.05, 0) is 74.0 Å². The van der Waals surface area contributed by atoms with Crippen LogP contribution in [0.25, 0.3) is 11.5 Å². The molecule has 4 aliphatic rings. The number of rotatable bonds is 5. The van der Waals surface area contributed by atoms with Crippen molar-refractivity contribution in [3.63, 3.8) is 0 Å². The van der Waals surface area contributed by atoms with Gasteiger partial charge in [-0.2, -0.15) is 0 Å². The summed E-state index contributed by atoms with van der Waals surface area (Å²) in [4.78, 5) is 12.5. The number of carbonyl (C=O) groups excluding carboxylic acids is 1. The number of thioether (sulfide) groups is 1. The summed E-state index contributed by atoms with van der Waals surface area (Å²) < 4.78 is 18.9. The molecule has 0 saturated heterocycles. The molecular weight excluding hydrogens is 365 g/mol. The van der Waals surface area contributed by atoms with E-state index in [1.165, 1.54) is 56.0 Å². The highest BCUT2D eigenvalue weighted by Crippen LogP contribution is 2.53. The first-order chi connectivity index (χ1) is 13.1. The van der Waals surface area contributed by atoms with Crippen molar-refractivity contribution in [2.24, 2.45) is 23.7 Å². The van der Waals surface area contributed by atoms with E-state index in [1.54, 1.807) is 12.1 Å². The number of benzene rings is 1. The molecule has 4 bridgehead atoms. The molecule has 4 fully saturated rings. The molecule has 2 aromatic rings. The summed E-state index contributed by atoms with van der Waals surface area (Å²) >= 11 is 1.23. The number of hydrogen-bond donors (Lipinski definition) is 1. The number of aromatic nitrogens is 2. The Balaban J connectivity index is 1.17. The number of nitrogens with one attached hydrogen (secondary N) is 1. The Labute approximate surface area is 161 Å². The van der Waals surface area contributed by atoms with Crippen molar-refractivity contribution in [2.45, 2.75) is 43.4 Å². The van der Waals surface area contributed by atoms with Gasteiger partial charge in [0.2, 0.25) is 11.8 Å². The first kappa shape index (κ1) is 17.2. The summed E-state index contributed by atoms with van der Waals surface area (Å²) in [6, 6.07) is 6.37. The van der Waals surface area contributed by atoms with Gasteiger partial charge in [-0.1, -0.05) is 17.8 Å². The minimum atomic E-state index is -0.352. The summed E-state index contributed by atoms with van der Waals surface area (Å²) in [5.41, 5.74) is 0.535. The maximum Gasteiger partial charge on any atom is 0.277 e. The average Bonchev–Trinajstić information content (AvgIpc) is 3.11. The molecule has 4 saturated carbocycles. The Morgan fingerprint density at radius 1 is 1.15 bits per heavy atom. The van der Waals surface area contributed by atoms with Crippen LogP contribution >= 0.6 is 11.8 Å². The average molecular weight is 387 g/mol. The number of carbonyl (C=O) groups is 1. The lowest BCUT2D eigenvalue weighted by atomic mass is 9.54. The highest BCUT2D eigenvalue weighted by atomic mass is 32.2. The van der Waals surface area contributed by atoms with Gasteiger partial charge in [0, 0.05) is 11.6 Å². The van der Waals surface area contributed by atoms with E-state index in [4.69, 9.17) is 4.42 Å². The third-order valence-corrected chi connectivity index (χ3v) is 7.18. The zero-order chi connectivity index (χ0) is 18.4. The minimum Gasteiger partial charge on any atom is -0.411 e. The molecule has 4 aliphatic carbocycles. The monoisotopic (exact) mass is 387 g/mol. The van der Waals surface area contributed by atoms with E-state index in [9.17, 15) is 9.18 Å². The molecule has 5 nitrogen and oxygen atoms in total. The second-order valence-corrected chi connectivity index (χ2v) is 9.12. The Hall–Kier alpha value is -1.89. The maximum absolute atomic E-state index is 13.3. The van der Waals surface area contributed by atoms with Crippen molar-refractivity contribution in [1.82, 2.24) is 15.5 Å². The van der Waals surface area contributed by atoms with Crippen molar-refractivity contribution in [1.29, 1.82) is 0 Å². The van der Waals surface area contributed by atoms with Gasteiger partial charge in [0.15, 0.2) is 0 Å². The van der Waals surface area contributed by atoms with E-state index in [0.29, 0.717) is 28.7 Å². The van der Waals surface area contributed by atoms with Crippen LogP contribution in [0.3, 0.4) is 0 Å². The van der Waals surface area contributed by atoms with E-state index in [-0.39, 0.29) is 23.4 Å². The topological polar surface area (TPSA) is 68.0 Å². The SMILES string of the molecule is O=C(CSc1nnc(-c2cccc(F)c2)o1)NC1C2CC3CC(C2)CC1C3. The standard InChI is InChI=1S/C20H22FN3O2S/c21-16-3-1-2-13(9-16)19-23-24-20(26-19)27-10-17(25)22-18-14-5-11-4-12(7-14)8-15(18)6-11/h1-3,9,11-12,14-15,18H,4-8,10H2,(H,22,25). The molecular formula is C20H22FN3O2S. The molecule has 27 heavy (non-hydrogen) atoms. The molecule has 1 aromatic heterocycles. The Kier molecular flexibility index (Phi) is 4.42. The number of amides is 1. The second kappa shape index (κ2) is 6.93. The molecule has 0 spiro atoms. The third-order valence-electron chi connectivity index (χ3n) is 6.36. The molecule has 142 valence electrons. The van der Waals surface area contributed by atoms with Crippen LogP contribution in [0.15, 0.2) is 33.9 Å². The van der Waals surface area contributed by atoms with Gasteiger partial charge in [-0.25, -0.2) is 4.39 Å². The number of nitrogens with zero attached hydrogens (tertiary/aromatic N) is 2. The van der Waals surface area contributed by atoms with Crippen LogP contribution in [0.1, 0.15) is 32.1 Å². The fraction of sp³-hybridized carbons (Fsp3) is 0.550. The lowest BCUT2D eigenvalue weighted by molar-refractivity contribution is -0.122. The molecule has 6 rings (SSSR count). The van der Waals surface area contributed by atoms with Gasteiger partial charge < -0.3 is 9.73 Å². The Morgan fingerprint density at radius 3 is 2.59 bits per heavy atom. The van der Waals surface area contributed by atoms with E-state index >= 15 is 0 Å². The van der Waals surface area contributed by atoms with Crippen molar-refractivity contribution in [2.75, 3.05) is 5.75 Å². The van der Waals surface area contributed by atoms with Crippen LogP contribution in [-0.4, -0.2) is 27.9 Å². The van der Waals surface area contributed by atoms with Crippen molar-refractivity contribution in [3.05, 3.63) is 30.1 Å². The fourth-order valence-electron chi connectivity index (χ4n) is 5.52. The Morgan fingerprint density at radius 2 is 1.89 bits per heavy atom. The first-order valence-corrected chi connectivity index (χ1v) is 10.6. The molecule has 0 unspecified atom stereocenters. The first-order valence-electron chi connectivity index (χ1n) is 9.65. The Bertz CT molecular complexity index is 827. The summed E-state index contributed by atoms with van der Waals surface area (Å²) in [6.45, 7) is 0. The van der Waals surface area contributed by atoms with Crippen LogP contribution in [0.4, 0.5) is 4.39 Å². The van der Waals surface area contributed by atoms with Crippen molar-refractivity contribution < 1.29 is 13.6 Å². The fourth-order valence-corrected chi connectivity index (χ4v) is 6.10. The summed E-state index contributed by atoms with van der Waals surface area (Å²) in [6.07, 6.45) is 6.54. The van der Waals surface area contributed by atoms with Gasteiger partial charge in [-0.15, -0.1) is 10.2 Å². The van der Waals surface area contributed by atoms with E-state index < -0.39 is 0 Å². The van der Waals surface area contributed by atoms with Crippen molar-refractivity contribution >= 4 is 17.7 Å². The normalized spacial score (nSPS) is 31.2. The van der Waals surface area contributed by atoms with Gasteiger partial charge >= 0.3 is 0 Å². The molecule has 0 radical (unpaired) electrons. The molecule has 0 atom stereocenters. The van der Waals surface area contributed by atoms with Gasteiger partial charge in [0.05, 0.1) is 5.75 Å². The quantitative estimate of drug-likeness (QED) is 0.788. The van der Waals surface area contributed by atoms with E-state index in [2.05, 4.69) is 15.5 Å². The lowest BCUT2D eigenvalue weighted by Crippen LogP contribution is -2.56. The minimum absolute atomic E-state index is 0.0305. The predicted molar refractivity (Wildman–Crippen MR) is 99.4 cm³/mol. The zero-order valence-electron chi connectivity index (χ0n) is 14.9. The lowest BCUT2D eigenvalue weighted by Gasteiger charge is -2.54. The second-order valence-electron chi connectivity index (χ2n) is 8.20. The number of halogens is 1. The van der Waals surface area contributed by atoms with Crippen LogP contribution in [0.2, 0.25) is 0 Å². The van der Waals surface area contributed by atoms with E-state index in [0.717, 1.165) is 11.8 Å². The van der Waals surface area contributed by atoms with Gasteiger partial charge in [0.1, 0.15) is 5.82 Å². The molecule has 1 aromatic carbocycles. The zero-order valence-corrected chi connectivity index (χ0v) is 15.8.